The predicted molar refractivity (Wildman–Crippen MR) is 89.8 cm³/mol. The van der Waals surface area contributed by atoms with Crippen LogP contribution in [0, 0.1) is 10.5 Å². The van der Waals surface area contributed by atoms with Crippen molar-refractivity contribution in [2.24, 2.45) is 0 Å². The molecule has 0 saturated carbocycles. The molecule has 1 heterocycles. The molecule has 0 bridgehead atoms. The van der Waals surface area contributed by atoms with Gasteiger partial charge in [0.2, 0.25) is 0 Å². The molecule has 4 heteroatoms. The number of rotatable bonds is 5. The van der Waals surface area contributed by atoms with Crippen LogP contribution in [-0.2, 0) is 19.4 Å². The Kier molecular flexibility index (Phi) is 5.21. The van der Waals surface area contributed by atoms with Crippen molar-refractivity contribution >= 4 is 22.6 Å². The van der Waals surface area contributed by atoms with Crippen LogP contribution in [0.4, 0.5) is 0 Å². The van der Waals surface area contributed by atoms with E-state index in [4.69, 9.17) is 0 Å². The maximum absolute atomic E-state index is 10.5. The number of hydrogen-bond donors (Lipinski definition) is 1. The zero-order valence-electron chi connectivity index (χ0n) is 12.2. The highest BCUT2D eigenvalue weighted by molar-refractivity contribution is 14.1. The molecule has 2 aromatic rings. The SMILES string of the molecule is CCc1cc(CC(O)c2cccc(C)c2I)n(CC)n1. The molecule has 3 nitrogen and oxygen atoms in total. The number of aromatic nitrogens is 2. The highest BCUT2D eigenvalue weighted by Crippen LogP contribution is 2.26. The fraction of sp³-hybridized carbons (Fsp3) is 0.438. The quantitative estimate of drug-likeness (QED) is 0.800. The van der Waals surface area contributed by atoms with Crippen molar-refractivity contribution in [3.05, 3.63) is 50.4 Å². The van der Waals surface area contributed by atoms with Gasteiger partial charge in [0.1, 0.15) is 0 Å². The van der Waals surface area contributed by atoms with Crippen LogP contribution in [0.25, 0.3) is 0 Å². The van der Waals surface area contributed by atoms with Gasteiger partial charge in [0.15, 0.2) is 0 Å². The summed E-state index contributed by atoms with van der Waals surface area (Å²) >= 11 is 2.31. The molecule has 0 saturated heterocycles. The maximum atomic E-state index is 10.5. The van der Waals surface area contributed by atoms with Gasteiger partial charge in [-0.25, -0.2) is 0 Å². The van der Waals surface area contributed by atoms with E-state index in [0.717, 1.165) is 33.5 Å². The van der Waals surface area contributed by atoms with E-state index in [0.29, 0.717) is 6.42 Å². The summed E-state index contributed by atoms with van der Waals surface area (Å²) in [5, 5.41) is 15.1. The lowest BCUT2D eigenvalue weighted by molar-refractivity contribution is 0.174. The molecular formula is C16H21IN2O. The lowest BCUT2D eigenvalue weighted by Crippen LogP contribution is -2.10. The third kappa shape index (κ3) is 3.23. The van der Waals surface area contributed by atoms with E-state index in [2.05, 4.69) is 60.6 Å². The molecule has 20 heavy (non-hydrogen) atoms. The molecule has 108 valence electrons. The Morgan fingerprint density at radius 2 is 2.10 bits per heavy atom. The summed E-state index contributed by atoms with van der Waals surface area (Å²) in [6, 6.07) is 8.19. The van der Waals surface area contributed by atoms with E-state index >= 15 is 0 Å². The number of halogens is 1. The molecule has 0 aliphatic heterocycles. The lowest BCUT2D eigenvalue weighted by atomic mass is 10.0. The fourth-order valence-electron chi connectivity index (χ4n) is 2.36. The molecule has 1 aromatic heterocycles. The monoisotopic (exact) mass is 384 g/mol. The Morgan fingerprint density at radius 1 is 1.35 bits per heavy atom. The number of aliphatic hydroxyl groups is 1. The molecule has 1 N–H and O–H groups in total. The fourth-order valence-corrected chi connectivity index (χ4v) is 3.08. The lowest BCUT2D eigenvalue weighted by Gasteiger charge is -2.15. The van der Waals surface area contributed by atoms with E-state index in [1.165, 1.54) is 5.56 Å². The molecule has 0 amide bonds. The average Bonchev–Trinajstić information content (AvgIpc) is 2.84. The summed E-state index contributed by atoms with van der Waals surface area (Å²) in [6.07, 6.45) is 1.06. The van der Waals surface area contributed by atoms with Gasteiger partial charge in [-0.05, 0) is 60.1 Å². The van der Waals surface area contributed by atoms with Crippen LogP contribution in [-0.4, -0.2) is 14.9 Å². The van der Waals surface area contributed by atoms with Crippen molar-refractivity contribution < 1.29 is 5.11 Å². The average molecular weight is 384 g/mol. The van der Waals surface area contributed by atoms with E-state index in [1.807, 2.05) is 16.8 Å². The number of nitrogens with zero attached hydrogens (tertiary/aromatic N) is 2. The van der Waals surface area contributed by atoms with Crippen LogP contribution in [0.15, 0.2) is 24.3 Å². The van der Waals surface area contributed by atoms with Gasteiger partial charge >= 0.3 is 0 Å². The summed E-state index contributed by atoms with van der Waals surface area (Å²) in [5.74, 6) is 0. The Bertz CT molecular complexity index is 592. The standard InChI is InChI=1S/C16H21IN2O/c1-4-12-9-13(19(5-2)18-12)10-15(20)14-8-6-7-11(3)16(14)17/h6-9,15,20H,4-5,10H2,1-3H3. The maximum Gasteiger partial charge on any atom is 0.0855 e. The van der Waals surface area contributed by atoms with Crippen LogP contribution in [0.1, 0.15) is 42.5 Å². The van der Waals surface area contributed by atoms with Crippen LogP contribution in [0.3, 0.4) is 0 Å². The van der Waals surface area contributed by atoms with Crippen molar-refractivity contribution in [2.75, 3.05) is 0 Å². The first-order valence-electron chi connectivity index (χ1n) is 7.05. The first-order chi connectivity index (χ1) is 9.56. The van der Waals surface area contributed by atoms with Crippen molar-refractivity contribution in [1.29, 1.82) is 0 Å². The minimum Gasteiger partial charge on any atom is -0.388 e. The van der Waals surface area contributed by atoms with Crippen molar-refractivity contribution in [3.8, 4) is 0 Å². The Balaban J connectivity index is 2.25. The van der Waals surface area contributed by atoms with Gasteiger partial charge in [0.05, 0.1) is 11.8 Å². The van der Waals surface area contributed by atoms with E-state index in [9.17, 15) is 5.11 Å². The predicted octanol–water partition coefficient (Wildman–Crippen LogP) is 3.65. The van der Waals surface area contributed by atoms with Gasteiger partial charge in [-0.3, -0.25) is 4.68 Å². The number of aliphatic hydroxyl groups excluding tert-OH is 1. The molecular weight excluding hydrogens is 363 g/mol. The summed E-state index contributed by atoms with van der Waals surface area (Å²) in [4.78, 5) is 0. The van der Waals surface area contributed by atoms with Gasteiger partial charge in [-0.2, -0.15) is 5.10 Å². The third-order valence-electron chi connectivity index (χ3n) is 3.56. The Morgan fingerprint density at radius 3 is 2.75 bits per heavy atom. The van der Waals surface area contributed by atoms with Crippen LogP contribution in [0.2, 0.25) is 0 Å². The van der Waals surface area contributed by atoms with Gasteiger partial charge in [-0.15, -0.1) is 0 Å². The van der Waals surface area contributed by atoms with Gasteiger partial charge in [0.25, 0.3) is 0 Å². The van der Waals surface area contributed by atoms with Crippen LogP contribution >= 0.6 is 22.6 Å². The van der Waals surface area contributed by atoms with Crippen molar-refractivity contribution in [1.82, 2.24) is 9.78 Å². The second-order valence-corrected chi connectivity index (χ2v) is 6.07. The molecule has 0 spiro atoms. The Labute approximate surface area is 134 Å². The molecule has 0 radical (unpaired) electrons. The molecule has 1 atom stereocenters. The van der Waals surface area contributed by atoms with Gasteiger partial charge < -0.3 is 5.11 Å². The minimum absolute atomic E-state index is 0.478. The topological polar surface area (TPSA) is 38.0 Å². The zero-order chi connectivity index (χ0) is 14.7. The normalized spacial score (nSPS) is 12.7. The van der Waals surface area contributed by atoms with Gasteiger partial charge in [-0.1, -0.05) is 25.1 Å². The zero-order valence-corrected chi connectivity index (χ0v) is 14.4. The molecule has 0 aliphatic rings. The molecule has 1 aromatic carbocycles. The van der Waals surface area contributed by atoms with Crippen LogP contribution < -0.4 is 0 Å². The first-order valence-corrected chi connectivity index (χ1v) is 8.13. The third-order valence-corrected chi connectivity index (χ3v) is 5.03. The van der Waals surface area contributed by atoms with Crippen LogP contribution in [0.5, 0.6) is 0 Å². The van der Waals surface area contributed by atoms with Crippen molar-refractivity contribution in [3.63, 3.8) is 0 Å². The summed E-state index contributed by atoms with van der Waals surface area (Å²) in [6.45, 7) is 7.10. The van der Waals surface area contributed by atoms with Gasteiger partial charge in [0, 0.05) is 22.2 Å². The van der Waals surface area contributed by atoms with Crippen molar-refractivity contribution in [2.45, 2.75) is 46.3 Å². The van der Waals surface area contributed by atoms with E-state index in [1.54, 1.807) is 0 Å². The summed E-state index contributed by atoms with van der Waals surface area (Å²) in [5.41, 5.74) is 4.41. The number of benzene rings is 1. The number of aryl methyl sites for hydroxylation is 3. The summed E-state index contributed by atoms with van der Waals surface area (Å²) in [7, 11) is 0. The molecule has 0 aliphatic carbocycles. The largest absolute Gasteiger partial charge is 0.388 e. The van der Waals surface area contributed by atoms with E-state index in [-0.39, 0.29) is 0 Å². The molecule has 0 fully saturated rings. The molecule has 1 unspecified atom stereocenters. The minimum atomic E-state index is -0.478. The smallest absolute Gasteiger partial charge is 0.0855 e. The first kappa shape index (κ1) is 15.5. The summed E-state index contributed by atoms with van der Waals surface area (Å²) < 4.78 is 3.14. The second-order valence-electron chi connectivity index (χ2n) is 4.99. The van der Waals surface area contributed by atoms with E-state index < -0.39 is 6.10 Å². The highest BCUT2D eigenvalue weighted by atomic mass is 127. The Hall–Kier alpha value is -0.880. The second kappa shape index (κ2) is 6.72. The molecule has 2 rings (SSSR count). The number of hydrogen-bond acceptors (Lipinski definition) is 2. The highest BCUT2D eigenvalue weighted by Gasteiger charge is 2.16.